The zero-order chi connectivity index (χ0) is 14.9. The van der Waals surface area contributed by atoms with Crippen LogP contribution in [0, 0.1) is 11.8 Å². The summed E-state index contributed by atoms with van der Waals surface area (Å²) >= 11 is 0. The van der Waals surface area contributed by atoms with Gasteiger partial charge >= 0.3 is 5.69 Å². The van der Waals surface area contributed by atoms with E-state index in [9.17, 15) is 9.59 Å². The molecule has 0 bridgehead atoms. The summed E-state index contributed by atoms with van der Waals surface area (Å²) in [6, 6.07) is 1.62. The van der Waals surface area contributed by atoms with Gasteiger partial charge in [0, 0.05) is 18.5 Å². The molecular formula is C14H21N3O3. The Balaban J connectivity index is 2.23. The smallest absolute Gasteiger partial charge is 0.351 e. The minimum absolute atomic E-state index is 0.112. The number of carbonyl (C=O) groups excluding carboxylic acids is 1. The molecule has 1 fully saturated rings. The van der Waals surface area contributed by atoms with E-state index in [0.717, 1.165) is 0 Å². The lowest BCUT2D eigenvalue weighted by molar-refractivity contribution is -0.115. The van der Waals surface area contributed by atoms with Crippen LogP contribution in [-0.4, -0.2) is 21.6 Å². The summed E-state index contributed by atoms with van der Waals surface area (Å²) in [5.74, 6) is 0.735. The number of ether oxygens (including phenoxy) is 1. The Bertz CT molecular complexity index is 555. The summed E-state index contributed by atoms with van der Waals surface area (Å²) < 4.78 is 7.32. The van der Waals surface area contributed by atoms with E-state index in [0.29, 0.717) is 12.3 Å². The van der Waals surface area contributed by atoms with E-state index in [1.165, 1.54) is 4.57 Å². The maximum absolute atomic E-state index is 12.1. The van der Waals surface area contributed by atoms with Crippen LogP contribution in [-0.2, 0) is 9.53 Å². The first-order valence-electron chi connectivity index (χ1n) is 6.98. The SMILES string of the molecule is CCC(=O)Nc1ccn([C@@H]2OC(C)[C@@H](C)[C@@H]2C)c(=O)n1. The van der Waals surface area contributed by atoms with Crippen LogP contribution < -0.4 is 11.0 Å². The minimum atomic E-state index is -0.406. The Hall–Kier alpha value is -1.69. The van der Waals surface area contributed by atoms with E-state index < -0.39 is 5.69 Å². The van der Waals surface area contributed by atoms with Crippen molar-refractivity contribution in [2.24, 2.45) is 11.8 Å². The van der Waals surface area contributed by atoms with Crippen molar-refractivity contribution in [3.63, 3.8) is 0 Å². The largest absolute Gasteiger partial charge is 0.354 e. The lowest BCUT2D eigenvalue weighted by Crippen LogP contribution is -2.30. The van der Waals surface area contributed by atoms with Crippen LogP contribution in [0.3, 0.4) is 0 Å². The topological polar surface area (TPSA) is 73.2 Å². The molecule has 0 aromatic carbocycles. The zero-order valence-corrected chi connectivity index (χ0v) is 12.3. The lowest BCUT2D eigenvalue weighted by Gasteiger charge is -2.18. The molecule has 1 saturated heterocycles. The van der Waals surface area contributed by atoms with Crippen LogP contribution in [0.1, 0.15) is 40.3 Å². The second-order valence-corrected chi connectivity index (χ2v) is 5.35. The average molecular weight is 279 g/mol. The standard InChI is InChI=1S/C14H21N3O3/c1-5-12(18)15-11-6-7-17(14(19)16-11)13-9(3)8(2)10(4)20-13/h6-10,13H,5H2,1-4H3,(H,15,16,18,19)/t8-,9-,10?,13+/m0/s1. The van der Waals surface area contributed by atoms with Crippen LogP contribution >= 0.6 is 0 Å². The van der Waals surface area contributed by atoms with Crippen molar-refractivity contribution in [2.45, 2.75) is 46.4 Å². The van der Waals surface area contributed by atoms with Gasteiger partial charge in [-0.2, -0.15) is 4.98 Å². The molecule has 0 saturated carbocycles. The van der Waals surface area contributed by atoms with Crippen LogP contribution in [0.4, 0.5) is 5.82 Å². The summed E-state index contributed by atoms with van der Waals surface area (Å²) in [4.78, 5) is 27.2. The molecule has 1 aliphatic rings. The maximum atomic E-state index is 12.1. The number of hydrogen-bond acceptors (Lipinski definition) is 4. The second-order valence-electron chi connectivity index (χ2n) is 5.35. The molecule has 20 heavy (non-hydrogen) atoms. The highest BCUT2D eigenvalue weighted by molar-refractivity contribution is 5.89. The molecule has 110 valence electrons. The van der Waals surface area contributed by atoms with Crippen molar-refractivity contribution in [3.8, 4) is 0 Å². The number of carbonyl (C=O) groups is 1. The van der Waals surface area contributed by atoms with Gasteiger partial charge in [0.1, 0.15) is 12.0 Å². The van der Waals surface area contributed by atoms with Gasteiger partial charge in [-0.05, 0) is 18.9 Å². The van der Waals surface area contributed by atoms with E-state index in [2.05, 4.69) is 24.1 Å². The van der Waals surface area contributed by atoms with E-state index in [1.807, 2.05) is 6.92 Å². The molecule has 1 amide bonds. The Morgan fingerprint density at radius 3 is 2.60 bits per heavy atom. The number of nitrogens with one attached hydrogen (secondary N) is 1. The normalized spacial score (nSPS) is 29.4. The van der Waals surface area contributed by atoms with Crippen molar-refractivity contribution >= 4 is 11.7 Å². The van der Waals surface area contributed by atoms with Gasteiger partial charge in [0.05, 0.1) is 6.10 Å². The van der Waals surface area contributed by atoms with Gasteiger partial charge in [0.15, 0.2) is 0 Å². The number of aromatic nitrogens is 2. The number of amides is 1. The summed E-state index contributed by atoms with van der Waals surface area (Å²) in [5, 5.41) is 2.57. The molecule has 6 heteroatoms. The highest BCUT2D eigenvalue weighted by atomic mass is 16.5. The lowest BCUT2D eigenvalue weighted by atomic mass is 9.93. The molecule has 1 N–H and O–H groups in total. The van der Waals surface area contributed by atoms with Crippen LogP contribution in [0.15, 0.2) is 17.1 Å². The Kier molecular flexibility index (Phi) is 4.23. The van der Waals surface area contributed by atoms with E-state index >= 15 is 0 Å². The van der Waals surface area contributed by atoms with E-state index in [1.54, 1.807) is 19.2 Å². The van der Waals surface area contributed by atoms with Crippen molar-refractivity contribution < 1.29 is 9.53 Å². The molecule has 0 spiro atoms. The summed E-state index contributed by atoms with van der Waals surface area (Å²) in [5.41, 5.74) is -0.406. The molecule has 1 aromatic heterocycles. The molecule has 2 rings (SSSR count). The van der Waals surface area contributed by atoms with Gasteiger partial charge in [-0.3, -0.25) is 9.36 Å². The highest BCUT2D eigenvalue weighted by Gasteiger charge is 2.38. The van der Waals surface area contributed by atoms with Gasteiger partial charge in [-0.1, -0.05) is 20.8 Å². The fourth-order valence-electron chi connectivity index (χ4n) is 2.38. The molecular weight excluding hydrogens is 258 g/mol. The summed E-state index contributed by atoms with van der Waals surface area (Å²) in [7, 11) is 0. The second kappa shape index (κ2) is 5.75. The van der Waals surface area contributed by atoms with Crippen LogP contribution in [0.25, 0.3) is 0 Å². The fraction of sp³-hybridized carbons (Fsp3) is 0.643. The van der Waals surface area contributed by atoms with Gasteiger partial charge in [-0.25, -0.2) is 4.79 Å². The molecule has 1 unspecified atom stereocenters. The number of nitrogens with zero attached hydrogens (tertiary/aromatic N) is 2. The molecule has 6 nitrogen and oxygen atoms in total. The molecule has 1 aliphatic heterocycles. The van der Waals surface area contributed by atoms with Crippen LogP contribution in [0.2, 0.25) is 0 Å². The highest BCUT2D eigenvalue weighted by Crippen LogP contribution is 2.37. The maximum Gasteiger partial charge on any atom is 0.351 e. The average Bonchev–Trinajstić information content (AvgIpc) is 2.66. The van der Waals surface area contributed by atoms with Crippen molar-refractivity contribution in [1.82, 2.24) is 9.55 Å². The van der Waals surface area contributed by atoms with Gasteiger partial charge in [0.25, 0.3) is 0 Å². The quantitative estimate of drug-likeness (QED) is 0.915. The monoisotopic (exact) mass is 279 g/mol. The van der Waals surface area contributed by atoms with Gasteiger partial charge in [-0.15, -0.1) is 0 Å². The Labute approximate surface area is 118 Å². The number of rotatable bonds is 3. The first-order valence-corrected chi connectivity index (χ1v) is 6.98. The summed E-state index contributed by atoms with van der Waals surface area (Å²) in [6.45, 7) is 7.94. The minimum Gasteiger partial charge on any atom is -0.354 e. The Morgan fingerprint density at radius 1 is 1.40 bits per heavy atom. The predicted octanol–water partition coefficient (Wildman–Crippen LogP) is 1.78. The number of anilines is 1. The fourth-order valence-corrected chi connectivity index (χ4v) is 2.38. The third kappa shape index (κ3) is 2.75. The zero-order valence-electron chi connectivity index (χ0n) is 12.3. The molecule has 1 aromatic rings. The third-order valence-corrected chi connectivity index (χ3v) is 4.07. The van der Waals surface area contributed by atoms with Gasteiger partial charge in [0.2, 0.25) is 5.91 Å². The molecule has 0 radical (unpaired) electrons. The molecule has 2 heterocycles. The van der Waals surface area contributed by atoms with E-state index in [4.69, 9.17) is 4.74 Å². The predicted molar refractivity (Wildman–Crippen MR) is 75.3 cm³/mol. The Morgan fingerprint density at radius 2 is 2.10 bits per heavy atom. The summed E-state index contributed by atoms with van der Waals surface area (Å²) in [6.07, 6.45) is 1.80. The molecule has 4 atom stereocenters. The van der Waals surface area contributed by atoms with Gasteiger partial charge < -0.3 is 10.1 Å². The first-order chi connectivity index (χ1) is 9.43. The van der Waals surface area contributed by atoms with Crippen molar-refractivity contribution in [3.05, 3.63) is 22.7 Å². The third-order valence-electron chi connectivity index (χ3n) is 4.07. The van der Waals surface area contributed by atoms with Crippen molar-refractivity contribution in [2.75, 3.05) is 5.32 Å². The van der Waals surface area contributed by atoms with Crippen molar-refractivity contribution in [1.29, 1.82) is 0 Å². The first kappa shape index (κ1) is 14.7. The van der Waals surface area contributed by atoms with Crippen LogP contribution in [0.5, 0.6) is 0 Å². The van der Waals surface area contributed by atoms with E-state index in [-0.39, 0.29) is 30.0 Å². The molecule has 0 aliphatic carbocycles. The number of hydrogen-bond donors (Lipinski definition) is 1.